The topological polar surface area (TPSA) is 77.1 Å². The van der Waals surface area contributed by atoms with Crippen LogP contribution in [0, 0.1) is 13.8 Å². The summed E-state index contributed by atoms with van der Waals surface area (Å²) in [5, 5.41) is 9.66. The van der Waals surface area contributed by atoms with Gasteiger partial charge in [0.15, 0.2) is 10.8 Å². The maximum atomic E-state index is 12.6. The van der Waals surface area contributed by atoms with Crippen molar-refractivity contribution in [2.75, 3.05) is 5.32 Å². The van der Waals surface area contributed by atoms with Crippen molar-refractivity contribution in [3.8, 4) is 0 Å². The highest BCUT2D eigenvalue weighted by molar-refractivity contribution is 7.99. The van der Waals surface area contributed by atoms with Crippen LogP contribution >= 0.6 is 11.8 Å². The first kappa shape index (κ1) is 21.2. The van der Waals surface area contributed by atoms with Gasteiger partial charge in [-0.2, -0.15) is 5.10 Å². The minimum atomic E-state index is -0.0240. The van der Waals surface area contributed by atoms with Gasteiger partial charge in [-0.1, -0.05) is 23.9 Å². The Kier molecular flexibility index (Phi) is 5.60. The van der Waals surface area contributed by atoms with Crippen molar-refractivity contribution in [3.05, 3.63) is 77.9 Å². The number of aryl methyl sites for hydroxylation is 3. The molecule has 1 N–H and O–H groups in total. The van der Waals surface area contributed by atoms with E-state index in [9.17, 15) is 4.79 Å². The number of hydrogen-bond acceptors (Lipinski definition) is 5. The Morgan fingerprint density at radius 3 is 2.64 bits per heavy atom. The quantitative estimate of drug-likeness (QED) is 0.391. The van der Waals surface area contributed by atoms with Crippen LogP contribution < -0.4 is 5.32 Å². The van der Waals surface area contributed by atoms with Crippen LogP contribution in [-0.4, -0.2) is 30.1 Å². The molecule has 0 saturated carbocycles. The Labute approximate surface area is 195 Å². The van der Waals surface area contributed by atoms with Gasteiger partial charge in [0.1, 0.15) is 0 Å². The summed E-state index contributed by atoms with van der Waals surface area (Å²) in [4.78, 5) is 22.8. The van der Waals surface area contributed by atoms with Crippen molar-refractivity contribution in [3.63, 3.8) is 0 Å². The molecule has 0 aliphatic heterocycles. The van der Waals surface area contributed by atoms with Crippen molar-refractivity contribution < 1.29 is 4.79 Å². The van der Waals surface area contributed by atoms with Crippen molar-refractivity contribution in [1.29, 1.82) is 0 Å². The fourth-order valence-corrected chi connectivity index (χ4v) is 4.76. The average molecular weight is 457 g/mol. The van der Waals surface area contributed by atoms with E-state index in [4.69, 9.17) is 10.1 Å². The van der Waals surface area contributed by atoms with Gasteiger partial charge in [0, 0.05) is 53.2 Å². The van der Waals surface area contributed by atoms with Crippen molar-refractivity contribution >= 4 is 39.9 Å². The highest BCUT2D eigenvalue weighted by Crippen LogP contribution is 2.27. The minimum Gasteiger partial charge on any atom is -0.329 e. The molecule has 0 saturated heterocycles. The molecule has 1 amide bonds. The number of amides is 1. The van der Waals surface area contributed by atoms with Crippen LogP contribution in [0.4, 0.5) is 5.69 Å². The molecule has 0 fully saturated rings. The number of anilines is 1. The molecule has 0 radical (unpaired) electrons. The van der Waals surface area contributed by atoms with Gasteiger partial charge in [-0.15, -0.1) is 0 Å². The number of hydrogen-bond donors (Lipinski definition) is 1. The largest absolute Gasteiger partial charge is 0.329 e. The number of nitrogens with one attached hydrogen (secondary N) is 1. The number of aromatic nitrogens is 5. The van der Waals surface area contributed by atoms with Crippen LogP contribution in [-0.2, 0) is 18.3 Å². The predicted octanol–water partition coefficient (Wildman–Crippen LogP) is 4.96. The molecular weight excluding hydrogens is 432 g/mol. The van der Waals surface area contributed by atoms with Crippen LogP contribution in [0.2, 0.25) is 0 Å². The Bertz CT molecular complexity index is 1470. The first-order valence-electron chi connectivity index (χ1n) is 10.8. The number of rotatable bonds is 6. The Morgan fingerprint density at radius 1 is 1.09 bits per heavy atom. The summed E-state index contributed by atoms with van der Waals surface area (Å²) in [6, 6.07) is 15.8. The van der Waals surface area contributed by atoms with E-state index in [2.05, 4.69) is 10.3 Å². The molecular formula is C25H24N6OS. The van der Waals surface area contributed by atoms with E-state index < -0.39 is 0 Å². The molecule has 3 aromatic heterocycles. The summed E-state index contributed by atoms with van der Waals surface area (Å²) in [5.41, 5.74) is 5.59. The molecule has 33 heavy (non-hydrogen) atoms. The van der Waals surface area contributed by atoms with Crippen LogP contribution in [0.3, 0.4) is 0 Å². The molecule has 166 valence electrons. The Hall–Kier alpha value is -3.65. The number of carbonyl (C=O) groups is 1. The van der Waals surface area contributed by atoms with Gasteiger partial charge >= 0.3 is 0 Å². The normalized spacial score (nSPS) is 11.4. The van der Waals surface area contributed by atoms with Gasteiger partial charge < -0.3 is 9.88 Å². The third kappa shape index (κ3) is 4.21. The van der Waals surface area contributed by atoms with Crippen molar-refractivity contribution in [2.45, 2.75) is 36.7 Å². The lowest BCUT2D eigenvalue weighted by molar-refractivity contribution is -0.116. The van der Waals surface area contributed by atoms with E-state index in [1.165, 1.54) is 0 Å². The molecule has 0 spiro atoms. The van der Waals surface area contributed by atoms with Gasteiger partial charge in [-0.3, -0.25) is 4.79 Å². The summed E-state index contributed by atoms with van der Waals surface area (Å²) < 4.78 is 3.87. The van der Waals surface area contributed by atoms with Gasteiger partial charge in [0.25, 0.3) is 0 Å². The van der Waals surface area contributed by atoms with E-state index in [1.54, 1.807) is 18.0 Å². The molecule has 0 bridgehead atoms. The first-order valence-corrected chi connectivity index (χ1v) is 11.6. The van der Waals surface area contributed by atoms with E-state index >= 15 is 0 Å². The third-order valence-corrected chi connectivity index (χ3v) is 6.83. The highest BCUT2D eigenvalue weighted by Gasteiger charge is 2.15. The summed E-state index contributed by atoms with van der Waals surface area (Å²) >= 11 is 1.59. The SMILES string of the molecule is Cc1nc2c3ccccc3nn2c(C)c1CCC(=O)Nc1ccc(Sc2nccn2C)cc1. The monoisotopic (exact) mass is 456 g/mol. The molecule has 0 atom stereocenters. The number of benzene rings is 2. The zero-order chi connectivity index (χ0) is 22.9. The second-order valence-corrected chi connectivity index (χ2v) is 9.05. The van der Waals surface area contributed by atoms with Crippen molar-refractivity contribution in [1.82, 2.24) is 24.1 Å². The molecule has 7 nitrogen and oxygen atoms in total. The predicted molar refractivity (Wildman–Crippen MR) is 131 cm³/mol. The Balaban J connectivity index is 1.26. The fraction of sp³-hybridized carbons (Fsp3) is 0.200. The second-order valence-electron chi connectivity index (χ2n) is 8.01. The number of imidazole rings is 1. The highest BCUT2D eigenvalue weighted by atomic mass is 32.2. The van der Waals surface area contributed by atoms with E-state index in [0.29, 0.717) is 12.8 Å². The van der Waals surface area contributed by atoms with E-state index in [-0.39, 0.29) is 5.91 Å². The minimum absolute atomic E-state index is 0.0240. The fourth-order valence-electron chi connectivity index (χ4n) is 3.96. The Morgan fingerprint density at radius 2 is 1.88 bits per heavy atom. The zero-order valence-electron chi connectivity index (χ0n) is 18.7. The molecule has 0 aliphatic rings. The van der Waals surface area contributed by atoms with E-state index in [0.717, 1.165) is 49.2 Å². The molecule has 0 aliphatic carbocycles. The second kappa shape index (κ2) is 8.71. The lowest BCUT2D eigenvalue weighted by Crippen LogP contribution is -2.14. The smallest absolute Gasteiger partial charge is 0.224 e. The molecule has 0 unspecified atom stereocenters. The van der Waals surface area contributed by atoms with Crippen LogP contribution in [0.25, 0.3) is 16.6 Å². The standard InChI is InChI=1S/C25H24N6OS/c1-16-20(17(2)31-24(27-16)21-6-4-5-7-22(21)29-31)12-13-23(32)28-18-8-10-19(11-9-18)33-25-26-14-15-30(25)3/h4-11,14-15H,12-13H2,1-3H3,(H,28,32). The molecule has 2 aromatic carbocycles. The summed E-state index contributed by atoms with van der Waals surface area (Å²) in [6.07, 6.45) is 4.68. The first-order chi connectivity index (χ1) is 16.0. The average Bonchev–Trinajstić information content (AvgIpc) is 3.38. The summed E-state index contributed by atoms with van der Waals surface area (Å²) in [6.45, 7) is 4.04. The van der Waals surface area contributed by atoms with Crippen LogP contribution in [0.5, 0.6) is 0 Å². The van der Waals surface area contributed by atoms with Gasteiger partial charge in [0.2, 0.25) is 5.91 Å². The lowest BCUT2D eigenvalue weighted by atomic mass is 10.1. The number of fused-ring (bicyclic) bond motifs is 3. The third-order valence-electron chi connectivity index (χ3n) is 5.74. The molecule has 5 rings (SSSR count). The maximum Gasteiger partial charge on any atom is 0.224 e. The van der Waals surface area contributed by atoms with E-state index in [1.807, 2.05) is 84.7 Å². The number of carbonyl (C=O) groups excluding carboxylic acids is 1. The summed E-state index contributed by atoms with van der Waals surface area (Å²) in [5.74, 6) is -0.0240. The number of nitrogens with zero attached hydrogens (tertiary/aromatic N) is 5. The molecule has 8 heteroatoms. The lowest BCUT2D eigenvalue weighted by Gasteiger charge is -2.11. The van der Waals surface area contributed by atoms with Crippen molar-refractivity contribution in [2.24, 2.45) is 7.05 Å². The summed E-state index contributed by atoms with van der Waals surface area (Å²) in [7, 11) is 1.97. The van der Waals surface area contributed by atoms with Gasteiger partial charge in [0.05, 0.1) is 5.52 Å². The molecule has 3 heterocycles. The molecule has 5 aromatic rings. The van der Waals surface area contributed by atoms with Gasteiger partial charge in [-0.25, -0.2) is 14.5 Å². The van der Waals surface area contributed by atoms with Crippen LogP contribution in [0.1, 0.15) is 23.4 Å². The van der Waals surface area contributed by atoms with Gasteiger partial charge in [-0.05, 0) is 62.2 Å². The van der Waals surface area contributed by atoms with Crippen LogP contribution in [0.15, 0.2) is 71.0 Å². The maximum absolute atomic E-state index is 12.6. The zero-order valence-corrected chi connectivity index (χ0v) is 19.6.